The number of ether oxygens (including phenoxy) is 1. The number of aromatic nitrogens is 4. The van der Waals surface area contributed by atoms with Crippen LogP contribution in [0.4, 0.5) is 5.82 Å². The largest absolute Gasteiger partial charge is 0.490 e. The number of phosphoric acid groups is 3. The van der Waals surface area contributed by atoms with Gasteiger partial charge in [0.05, 0.1) is 12.9 Å². The van der Waals surface area contributed by atoms with Gasteiger partial charge in [0.25, 0.3) is 0 Å². The quantitative estimate of drug-likeness (QED) is 0.197. The van der Waals surface area contributed by atoms with Crippen LogP contribution in [-0.4, -0.2) is 74.2 Å². The molecule has 1 saturated heterocycles. The van der Waals surface area contributed by atoms with E-state index in [2.05, 4.69) is 28.1 Å². The molecule has 21 heteroatoms. The molecule has 1 fully saturated rings. The summed E-state index contributed by atoms with van der Waals surface area (Å²) in [6.07, 6.45) is -3.69. The second-order valence-electron chi connectivity index (χ2n) is 6.02. The summed E-state index contributed by atoms with van der Waals surface area (Å²) in [6, 6.07) is 0. The maximum absolute atomic E-state index is 11.8. The zero-order valence-electron chi connectivity index (χ0n) is 14.9. The summed E-state index contributed by atoms with van der Waals surface area (Å²) in [7, 11) is -16.7. The molecule has 0 radical (unpaired) electrons. The van der Waals surface area contributed by atoms with E-state index in [4.69, 9.17) is 25.2 Å². The first-order chi connectivity index (χ1) is 14.2. The van der Waals surface area contributed by atoms with Gasteiger partial charge in [-0.2, -0.15) is 8.62 Å². The van der Waals surface area contributed by atoms with Crippen molar-refractivity contribution in [3.8, 4) is 0 Å². The molecule has 2 aromatic rings. The molecule has 174 valence electrons. The number of aliphatic hydroxyl groups is 2. The standard InChI is InChI=1S/C10H16N5O13P3/c11-8-5-9(13-2-12-8)15(3-14-5)10-7(17)6(16)4(26-10)1-25-30(21,22)28-31(23,24)27-29(18,19)20/h2-4,6-7,10,16-17H,1H2,(H,21,22)(H,23,24)(H2,11,12,13)(H2,18,19,20)/t4-,6-,7-,10-/m1/s1/i30+1. The van der Waals surface area contributed by atoms with Gasteiger partial charge in [-0.05, 0) is 0 Å². The molecular weight excluding hydrogens is 492 g/mol. The lowest BCUT2D eigenvalue weighted by molar-refractivity contribution is -0.0503. The summed E-state index contributed by atoms with van der Waals surface area (Å²) in [4.78, 5) is 47.2. The van der Waals surface area contributed by atoms with Crippen molar-refractivity contribution in [3.63, 3.8) is 0 Å². The van der Waals surface area contributed by atoms with E-state index in [0.29, 0.717) is 0 Å². The van der Waals surface area contributed by atoms with Crippen molar-refractivity contribution in [1.29, 1.82) is 0 Å². The van der Waals surface area contributed by atoms with Crippen LogP contribution < -0.4 is 5.73 Å². The summed E-state index contributed by atoms with van der Waals surface area (Å²) < 4.78 is 51.9. The molecule has 8 N–H and O–H groups in total. The molecule has 3 heterocycles. The lowest BCUT2D eigenvalue weighted by Gasteiger charge is -2.19. The van der Waals surface area contributed by atoms with Gasteiger partial charge in [-0.15, -0.1) is 0 Å². The molecule has 3 rings (SSSR count). The Hall–Kier alpha value is -1.36. The van der Waals surface area contributed by atoms with E-state index in [9.17, 15) is 28.8 Å². The highest BCUT2D eigenvalue weighted by Gasteiger charge is 2.47. The van der Waals surface area contributed by atoms with Crippen LogP contribution in [0.25, 0.3) is 11.2 Å². The van der Waals surface area contributed by atoms with Gasteiger partial charge in [-0.25, -0.2) is 28.6 Å². The minimum Gasteiger partial charge on any atom is -0.387 e. The summed E-state index contributed by atoms with van der Waals surface area (Å²) in [5.41, 5.74) is 6.00. The Balaban J connectivity index is 1.69. The number of aliphatic hydroxyl groups excluding tert-OH is 2. The molecule has 0 saturated carbocycles. The predicted molar refractivity (Wildman–Crippen MR) is 95.5 cm³/mol. The number of nitrogens with zero attached hydrogens (tertiary/aromatic N) is 4. The molecule has 0 spiro atoms. The third kappa shape index (κ3) is 5.71. The maximum Gasteiger partial charge on any atom is 0.490 e. The van der Waals surface area contributed by atoms with Crippen LogP contribution in [0.3, 0.4) is 0 Å². The third-order valence-electron chi connectivity index (χ3n) is 3.82. The Labute approximate surface area is 171 Å². The Kier molecular flexibility index (Phi) is 6.68. The minimum atomic E-state index is -5.70. The number of phosphoric ester groups is 1. The van der Waals surface area contributed by atoms with Crippen LogP contribution in [0, 0.1) is 0 Å². The molecule has 6 atom stereocenters. The third-order valence-corrected chi connectivity index (χ3v) is 7.62. The van der Waals surface area contributed by atoms with Gasteiger partial charge in [0.15, 0.2) is 17.7 Å². The van der Waals surface area contributed by atoms with Gasteiger partial charge in [0.1, 0.15) is 30.2 Å². The average molecular weight is 508 g/mol. The molecular formula is C10H16N5O13P3. The average Bonchev–Trinajstić information content (AvgIpc) is 3.13. The SMILES string of the molecule is Nc1ncnc2c1ncn2[C@@H]1O[C@H](CO[32P](=O)(O)OP(=O)(O)OP(=O)(O)O)[C@@H](O)[C@H]1O. The topological polar surface area (TPSA) is 279 Å². The molecule has 1 aliphatic heterocycles. The number of imidazole rings is 1. The van der Waals surface area contributed by atoms with E-state index in [1.807, 2.05) is 0 Å². The number of hydrogen-bond donors (Lipinski definition) is 7. The molecule has 2 aromatic heterocycles. The Bertz CT molecular complexity index is 1100. The van der Waals surface area contributed by atoms with Crippen molar-refractivity contribution in [3.05, 3.63) is 12.7 Å². The minimum absolute atomic E-state index is 0.0426. The molecule has 1 aliphatic rings. The number of nitrogens with two attached hydrogens (primary N) is 1. The Morgan fingerprint density at radius 2 is 1.71 bits per heavy atom. The predicted octanol–water partition coefficient (Wildman–Crippen LogP) is -1.63. The zero-order valence-corrected chi connectivity index (χ0v) is 17.6. The summed E-state index contributed by atoms with van der Waals surface area (Å²) in [5.74, 6) is 0.0426. The summed E-state index contributed by atoms with van der Waals surface area (Å²) in [5, 5.41) is 20.4. The number of hydrogen-bond acceptors (Lipinski definition) is 13. The fourth-order valence-corrected chi connectivity index (χ4v) is 5.65. The van der Waals surface area contributed by atoms with Gasteiger partial charge >= 0.3 is 23.5 Å². The monoisotopic (exact) mass is 508 g/mol. The maximum atomic E-state index is 11.8. The number of nitrogen functional groups attached to an aromatic ring is 1. The van der Waals surface area contributed by atoms with Crippen molar-refractivity contribution in [2.75, 3.05) is 12.3 Å². The van der Waals surface area contributed by atoms with Crippen molar-refractivity contribution >= 4 is 40.4 Å². The molecule has 0 aromatic carbocycles. The van der Waals surface area contributed by atoms with E-state index in [0.717, 1.165) is 6.33 Å². The highest BCUT2D eigenvalue weighted by molar-refractivity contribution is 7.66. The molecule has 2 unspecified atom stereocenters. The second-order valence-corrected chi connectivity index (χ2v) is 10.4. The van der Waals surface area contributed by atoms with Crippen LogP contribution in [-0.2, 0) is 31.6 Å². The first kappa shape index (κ1) is 24.3. The van der Waals surface area contributed by atoms with E-state index in [1.54, 1.807) is 0 Å². The van der Waals surface area contributed by atoms with Crippen molar-refractivity contribution in [2.24, 2.45) is 0 Å². The highest BCUT2D eigenvalue weighted by Crippen LogP contribution is 2.66. The molecule has 31 heavy (non-hydrogen) atoms. The Morgan fingerprint density at radius 3 is 2.35 bits per heavy atom. The second kappa shape index (κ2) is 8.53. The molecule has 0 amide bonds. The number of anilines is 1. The summed E-state index contributed by atoms with van der Waals surface area (Å²) >= 11 is 0. The zero-order chi connectivity index (χ0) is 23.2. The van der Waals surface area contributed by atoms with Gasteiger partial charge in [-0.3, -0.25) is 9.09 Å². The Morgan fingerprint density at radius 1 is 1.03 bits per heavy atom. The van der Waals surface area contributed by atoms with Crippen molar-refractivity contribution in [2.45, 2.75) is 24.5 Å². The van der Waals surface area contributed by atoms with Crippen molar-refractivity contribution in [1.82, 2.24) is 19.5 Å². The fraction of sp³-hybridized carbons (Fsp3) is 0.500. The van der Waals surface area contributed by atoms with Crippen LogP contribution in [0.15, 0.2) is 12.7 Å². The van der Waals surface area contributed by atoms with Gasteiger partial charge in [0, 0.05) is 0 Å². The first-order valence-electron chi connectivity index (χ1n) is 7.92. The van der Waals surface area contributed by atoms with Crippen molar-refractivity contribution < 1.29 is 61.4 Å². The molecule has 0 aliphatic carbocycles. The normalized spacial score (nSPS) is 28.5. The number of fused-ring (bicyclic) bond motifs is 1. The van der Waals surface area contributed by atoms with Crippen LogP contribution in [0.5, 0.6) is 0 Å². The summed E-state index contributed by atoms with van der Waals surface area (Å²) in [6.45, 7) is -0.956. The van der Waals surface area contributed by atoms with Gasteiger partial charge in [0.2, 0.25) is 0 Å². The lowest BCUT2D eigenvalue weighted by atomic mass is 10.1. The lowest BCUT2D eigenvalue weighted by Crippen LogP contribution is -2.33. The van der Waals surface area contributed by atoms with E-state index in [-0.39, 0.29) is 17.0 Å². The first-order valence-corrected chi connectivity index (χ1v) is 12.4. The van der Waals surface area contributed by atoms with Crippen LogP contribution in [0.1, 0.15) is 6.23 Å². The highest BCUT2D eigenvalue weighted by atomic mass is 32.2. The van der Waals surface area contributed by atoms with Crippen LogP contribution in [0.2, 0.25) is 0 Å². The van der Waals surface area contributed by atoms with E-state index in [1.165, 1.54) is 10.9 Å². The van der Waals surface area contributed by atoms with Gasteiger partial charge in [-0.1, -0.05) is 0 Å². The van der Waals surface area contributed by atoms with Crippen LogP contribution >= 0.6 is 23.5 Å². The smallest absolute Gasteiger partial charge is 0.387 e. The number of rotatable bonds is 8. The fourth-order valence-electron chi connectivity index (χ4n) is 2.62. The molecule has 18 nitrogen and oxygen atoms in total. The van der Waals surface area contributed by atoms with E-state index < -0.39 is 54.6 Å². The van der Waals surface area contributed by atoms with Gasteiger partial charge < -0.3 is 40.3 Å². The molecule has 0 bridgehead atoms. The van der Waals surface area contributed by atoms with E-state index >= 15 is 0 Å².